The van der Waals surface area contributed by atoms with E-state index >= 15 is 0 Å². The van der Waals surface area contributed by atoms with Crippen LogP contribution in [-0.2, 0) is 36.9 Å². The van der Waals surface area contributed by atoms with Crippen LogP contribution in [0.4, 0.5) is 18.8 Å². The first-order valence-electron chi connectivity index (χ1n) is 16.1. The number of carboxylic acid groups (broad SMARTS) is 2. The average Bonchev–Trinajstić information content (AvgIpc) is 3.31. The van der Waals surface area contributed by atoms with Crippen molar-refractivity contribution in [1.29, 1.82) is 0 Å². The number of fused-ring (bicyclic) bond motifs is 3. The highest BCUT2D eigenvalue weighted by atomic mass is 19.1. The van der Waals surface area contributed by atoms with E-state index in [9.17, 15) is 43.4 Å². The van der Waals surface area contributed by atoms with Crippen molar-refractivity contribution in [3.8, 4) is 0 Å². The summed E-state index contributed by atoms with van der Waals surface area (Å²) in [6.07, 6.45) is 0.936. The highest BCUT2D eigenvalue weighted by Gasteiger charge is 2.68. The van der Waals surface area contributed by atoms with Crippen LogP contribution in [0.1, 0.15) is 76.8 Å². The molecule has 1 aliphatic carbocycles. The van der Waals surface area contributed by atoms with Gasteiger partial charge in [0.1, 0.15) is 29.6 Å². The molecule has 3 aliphatic heterocycles. The molecule has 0 aromatic heterocycles. The van der Waals surface area contributed by atoms with Crippen molar-refractivity contribution < 1.29 is 52.8 Å². The summed E-state index contributed by atoms with van der Waals surface area (Å²) >= 11 is 0. The Bertz CT molecular complexity index is 1530. The summed E-state index contributed by atoms with van der Waals surface area (Å²) in [5.41, 5.74) is -1.99. The van der Waals surface area contributed by atoms with E-state index in [-0.39, 0.29) is 43.8 Å². The molecule has 0 spiro atoms. The van der Waals surface area contributed by atoms with Gasteiger partial charge in [0, 0.05) is 24.4 Å². The molecule has 4 aliphatic rings. The molecule has 0 radical (unpaired) electrons. The third kappa shape index (κ3) is 7.09. The van der Waals surface area contributed by atoms with E-state index in [1.54, 1.807) is 39.0 Å². The van der Waals surface area contributed by atoms with E-state index in [1.165, 1.54) is 17.0 Å². The SMILES string of the molecule is CC(C)(C)OC(=O)N[C@H]1CCCCCC=C[C@@H]2C[C@@]2(C(=O)O)N(C(=O)O)C(=O)[C@@H]2C[C@@H](OC(=O)N3Cc4cccc(F)c4C3)CN2C1=O. The van der Waals surface area contributed by atoms with Crippen LogP contribution < -0.4 is 5.32 Å². The number of hydrogen-bond donors (Lipinski definition) is 3. The minimum Gasteiger partial charge on any atom is -0.479 e. The van der Waals surface area contributed by atoms with Crippen molar-refractivity contribution in [2.75, 3.05) is 6.54 Å². The van der Waals surface area contributed by atoms with Gasteiger partial charge in [-0.25, -0.2) is 28.5 Å². The van der Waals surface area contributed by atoms with Crippen LogP contribution in [0.25, 0.3) is 0 Å². The molecule has 0 unspecified atom stereocenters. The van der Waals surface area contributed by atoms with E-state index in [4.69, 9.17) is 9.47 Å². The number of hydrogen-bond acceptors (Lipinski definition) is 8. The Balaban J connectivity index is 1.45. The van der Waals surface area contributed by atoms with Gasteiger partial charge in [-0.15, -0.1) is 0 Å². The monoisotopic (exact) mass is 672 g/mol. The lowest BCUT2D eigenvalue weighted by atomic mass is 10.0. The number of carbonyl (C=O) groups excluding carboxylic acids is 4. The first-order chi connectivity index (χ1) is 22.6. The molecule has 3 heterocycles. The zero-order valence-electron chi connectivity index (χ0n) is 27.1. The van der Waals surface area contributed by atoms with Gasteiger partial charge in [-0.2, -0.15) is 0 Å². The summed E-state index contributed by atoms with van der Waals surface area (Å²) in [7, 11) is 0. The zero-order chi connectivity index (χ0) is 35.0. The number of carboxylic acids is 1. The van der Waals surface area contributed by atoms with E-state index in [0.717, 1.165) is 4.90 Å². The van der Waals surface area contributed by atoms with Gasteiger partial charge in [0.15, 0.2) is 5.54 Å². The highest BCUT2D eigenvalue weighted by Crippen LogP contribution is 2.51. The lowest BCUT2D eigenvalue weighted by molar-refractivity contribution is -0.154. The van der Waals surface area contributed by atoms with Crippen LogP contribution in [0.2, 0.25) is 0 Å². The standard InChI is InChI=1S/C33H41FN4O10/c1-32(2,3)48-29(43)35-24-13-8-6-4-5-7-11-20-15-33(20,28(41)42)38(30(44)45)27(40)25-14-21(17-37(25)26(24)39)47-31(46)36-16-19-10-9-12-23(34)22(19)18-36/h7,9-12,20-21,24-25H,4-6,8,13-18H2,1-3H3,(H,35,43)(H,41,42)(H,44,45)/t20-,21-,24+,25+,33-/m1/s1. The number of ether oxygens (including phenoxy) is 2. The molecule has 1 aromatic carbocycles. The fraction of sp³-hybridized carbons (Fsp3) is 0.576. The van der Waals surface area contributed by atoms with Gasteiger partial charge in [-0.3, -0.25) is 14.5 Å². The molecular formula is C33H41FN4O10. The predicted molar refractivity (Wildman–Crippen MR) is 165 cm³/mol. The van der Waals surface area contributed by atoms with E-state index in [0.29, 0.717) is 36.8 Å². The van der Waals surface area contributed by atoms with E-state index < -0.39 is 77.1 Å². The molecule has 1 saturated carbocycles. The summed E-state index contributed by atoms with van der Waals surface area (Å²) in [4.78, 5) is 82.1. The number of rotatable bonds is 3. The summed E-state index contributed by atoms with van der Waals surface area (Å²) in [5, 5.41) is 23.0. The Morgan fingerprint density at radius 2 is 1.79 bits per heavy atom. The Labute approximate surface area is 276 Å². The Kier molecular flexibility index (Phi) is 9.70. The average molecular weight is 673 g/mol. The minimum atomic E-state index is -2.07. The van der Waals surface area contributed by atoms with Gasteiger partial charge < -0.3 is 29.9 Å². The van der Waals surface area contributed by atoms with E-state index in [1.807, 2.05) is 0 Å². The number of halogens is 1. The quantitative estimate of drug-likeness (QED) is 0.397. The fourth-order valence-electron chi connectivity index (χ4n) is 6.76. The maximum Gasteiger partial charge on any atom is 0.415 e. The molecule has 2 fully saturated rings. The largest absolute Gasteiger partial charge is 0.479 e. The van der Waals surface area contributed by atoms with E-state index in [2.05, 4.69) is 5.32 Å². The molecule has 14 nitrogen and oxygen atoms in total. The van der Waals surface area contributed by atoms with Crippen molar-refractivity contribution in [3.63, 3.8) is 0 Å². The highest BCUT2D eigenvalue weighted by molar-refractivity contribution is 6.04. The molecule has 0 bridgehead atoms. The second-order valence-corrected chi connectivity index (χ2v) is 13.7. The predicted octanol–water partition coefficient (Wildman–Crippen LogP) is 4.01. The van der Waals surface area contributed by atoms with Crippen molar-refractivity contribution in [2.24, 2.45) is 5.92 Å². The lowest BCUT2D eigenvalue weighted by Crippen LogP contribution is -2.59. The number of amides is 5. The molecule has 5 atom stereocenters. The molecular weight excluding hydrogens is 631 g/mol. The minimum absolute atomic E-state index is 0.0523. The molecule has 1 aromatic rings. The second kappa shape index (κ2) is 13.4. The van der Waals surface area contributed by atoms with Crippen LogP contribution in [0.5, 0.6) is 0 Å². The van der Waals surface area contributed by atoms with Crippen molar-refractivity contribution in [2.45, 2.75) is 108 Å². The molecule has 3 N–H and O–H groups in total. The molecule has 48 heavy (non-hydrogen) atoms. The maximum atomic E-state index is 14.3. The van der Waals surface area contributed by atoms with Gasteiger partial charge in [0.2, 0.25) is 5.91 Å². The number of allylic oxidation sites excluding steroid dienone is 1. The summed E-state index contributed by atoms with van der Waals surface area (Å²) in [5.74, 6) is -4.62. The number of aliphatic carboxylic acids is 1. The van der Waals surface area contributed by atoms with Gasteiger partial charge in [0.25, 0.3) is 5.91 Å². The normalized spacial score (nSPS) is 27.6. The third-order valence-electron chi connectivity index (χ3n) is 9.17. The van der Waals surface area contributed by atoms with Crippen LogP contribution in [0, 0.1) is 11.7 Å². The molecule has 5 rings (SSSR count). The van der Waals surface area contributed by atoms with Crippen LogP contribution in [0.15, 0.2) is 30.4 Å². The number of imide groups is 1. The number of nitrogens with zero attached hydrogens (tertiary/aromatic N) is 3. The van der Waals surface area contributed by atoms with Gasteiger partial charge in [0.05, 0.1) is 13.1 Å². The molecule has 260 valence electrons. The fourth-order valence-corrected chi connectivity index (χ4v) is 6.76. The topological polar surface area (TPSA) is 183 Å². The summed E-state index contributed by atoms with van der Waals surface area (Å²) in [6.45, 7) is 4.66. The second-order valence-electron chi connectivity index (χ2n) is 13.7. The molecule has 1 saturated heterocycles. The Morgan fingerprint density at radius 1 is 1.04 bits per heavy atom. The Morgan fingerprint density at radius 3 is 2.46 bits per heavy atom. The summed E-state index contributed by atoms with van der Waals surface area (Å²) < 4.78 is 25.4. The van der Waals surface area contributed by atoms with Gasteiger partial charge in [-0.1, -0.05) is 37.1 Å². The first-order valence-corrected chi connectivity index (χ1v) is 16.1. The summed E-state index contributed by atoms with van der Waals surface area (Å²) in [6, 6.07) is 1.79. The van der Waals surface area contributed by atoms with Crippen molar-refractivity contribution >= 4 is 36.1 Å². The number of carbonyl (C=O) groups is 6. The van der Waals surface area contributed by atoms with Gasteiger partial charge >= 0.3 is 24.2 Å². The Hall–Kier alpha value is -4.69. The molecule has 5 amide bonds. The van der Waals surface area contributed by atoms with Crippen LogP contribution in [0.3, 0.4) is 0 Å². The van der Waals surface area contributed by atoms with Crippen LogP contribution in [-0.4, -0.2) is 96.8 Å². The molecule has 15 heteroatoms. The van der Waals surface area contributed by atoms with Crippen molar-refractivity contribution in [1.82, 2.24) is 20.0 Å². The third-order valence-corrected chi connectivity index (χ3v) is 9.17. The number of alkyl carbamates (subject to hydrolysis) is 1. The smallest absolute Gasteiger partial charge is 0.415 e. The number of nitrogens with one attached hydrogen (secondary N) is 1. The lowest BCUT2D eigenvalue weighted by Gasteiger charge is -2.33. The van der Waals surface area contributed by atoms with Crippen molar-refractivity contribution in [3.05, 3.63) is 47.3 Å². The van der Waals surface area contributed by atoms with Gasteiger partial charge in [-0.05, 0) is 58.1 Å². The first kappa shape index (κ1) is 34.6. The van der Waals surface area contributed by atoms with Crippen LogP contribution >= 0.6 is 0 Å². The maximum absolute atomic E-state index is 14.3. The zero-order valence-corrected chi connectivity index (χ0v) is 27.1. The number of benzene rings is 1.